The molecule has 0 aliphatic rings. The van der Waals surface area contributed by atoms with Crippen molar-refractivity contribution in [2.24, 2.45) is 7.05 Å². The number of rotatable bonds is 6. The van der Waals surface area contributed by atoms with Gasteiger partial charge in [-0.25, -0.2) is 0 Å². The number of aryl methyl sites for hydroxylation is 2. The van der Waals surface area contributed by atoms with Gasteiger partial charge in [0.25, 0.3) is 0 Å². The Labute approximate surface area is 116 Å². The van der Waals surface area contributed by atoms with Crippen LogP contribution in [0.15, 0.2) is 23.7 Å². The lowest BCUT2D eigenvalue weighted by Crippen LogP contribution is -2.22. The Morgan fingerprint density at radius 1 is 1.58 bits per heavy atom. The summed E-state index contributed by atoms with van der Waals surface area (Å²) >= 11 is 1.73. The van der Waals surface area contributed by atoms with E-state index in [9.17, 15) is 4.79 Å². The summed E-state index contributed by atoms with van der Waals surface area (Å²) in [5, 5.41) is 8.95. The van der Waals surface area contributed by atoms with E-state index in [2.05, 4.69) is 21.9 Å². The predicted molar refractivity (Wildman–Crippen MR) is 76.7 cm³/mol. The van der Waals surface area contributed by atoms with E-state index in [0.717, 1.165) is 18.4 Å². The zero-order valence-electron chi connectivity index (χ0n) is 10.9. The first-order chi connectivity index (χ1) is 9.16. The number of thiophene rings is 1. The van der Waals surface area contributed by atoms with Crippen LogP contribution in [0.1, 0.15) is 23.3 Å². The zero-order valence-corrected chi connectivity index (χ0v) is 11.7. The van der Waals surface area contributed by atoms with Gasteiger partial charge < -0.3 is 11.1 Å². The Kier molecular flexibility index (Phi) is 4.57. The predicted octanol–water partition coefficient (Wildman–Crippen LogP) is 1.70. The fourth-order valence-electron chi connectivity index (χ4n) is 1.79. The molecule has 0 fully saturated rings. The average molecular weight is 278 g/mol. The molecule has 0 aliphatic carbocycles. The standard InChI is InChI=1S/C13H18N4OS/c1-17-13(14)10(9-16-17)8-15-12(18)6-2-4-11-5-3-7-19-11/h3,5,7,9H,2,4,6,8,14H2,1H3,(H,15,18). The van der Waals surface area contributed by atoms with Crippen molar-refractivity contribution in [1.29, 1.82) is 0 Å². The number of carbonyl (C=O) groups excluding carboxylic acids is 1. The zero-order chi connectivity index (χ0) is 13.7. The van der Waals surface area contributed by atoms with Gasteiger partial charge in [-0.15, -0.1) is 11.3 Å². The maximum atomic E-state index is 11.7. The summed E-state index contributed by atoms with van der Waals surface area (Å²) in [5.41, 5.74) is 6.66. The largest absolute Gasteiger partial charge is 0.384 e. The summed E-state index contributed by atoms with van der Waals surface area (Å²) in [4.78, 5) is 13.0. The van der Waals surface area contributed by atoms with E-state index in [1.165, 1.54) is 4.88 Å². The molecule has 0 unspecified atom stereocenters. The summed E-state index contributed by atoms with van der Waals surface area (Å²) in [6.45, 7) is 0.442. The lowest BCUT2D eigenvalue weighted by atomic mass is 10.2. The molecule has 3 N–H and O–H groups in total. The number of aromatic nitrogens is 2. The fraction of sp³-hybridized carbons (Fsp3) is 0.385. The van der Waals surface area contributed by atoms with Gasteiger partial charge in [0, 0.05) is 30.5 Å². The van der Waals surface area contributed by atoms with Crippen LogP contribution in [0.25, 0.3) is 0 Å². The van der Waals surface area contributed by atoms with Crippen LogP contribution in [-0.2, 0) is 24.8 Å². The van der Waals surface area contributed by atoms with Crippen LogP contribution in [0.2, 0.25) is 0 Å². The fourth-order valence-corrected chi connectivity index (χ4v) is 2.54. The van der Waals surface area contributed by atoms with Gasteiger partial charge in [-0.2, -0.15) is 5.10 Å². The molecule has 2 aromatic rings. The molecule has 0 spiro atoms. The lowest BCUT2D eigenvalue weighted by Gasteiger charge is -2.04. The van der Waals surface area contributed by atoms with Gasteiger partial charge in [0.05, 0.1) is 6.20 Å². The molecule has 2 heterocycles. The second-order valence-corrected chi connectivity index (χ2v) is 5.42. The number of anilines is 1. The summed E-state index contributed by atoms with van der Waals surface area (Å²) in [5.74, 6) is 0.652. The molecular formula is C13H18N4OS. The van der Waals surface area contributed by atoms with Crippen molar-refractivity contribution in [3.63, 3.8) is 0 Å². The van der Waals surface area contributed by atoms with Crippen LogP contribution in [-0.4, -0.2) is 15.7 Å². The molecule has 1 amide bonds. The van der Waals surface area contributed by atoms with Gasteiger partial charge in [0.2, 0.25) is 5.91 Å². The van der Waals surface area contributed by atoms with Crippen molar-refractivity contribution in [3.05, 3.63) is 34.2 Å². The number of nitrogens with one attached hydrogen (secondary N) is 1. The third kappa shape index (κ3) is 3.82. The van der Waals surface area contributed by atoms with Gasteiger partial charge in [-0.3, -0.25) is 9.48 Å². The monoisotopic (exact) mass is 278 g/mol. The van der Waals surface area contributed by atoms with E-state index in [1.54, 1.807) is 29.3 Å². The number of nitrogens with two attached hydrogens (primary N) is 1. The second-order valence-electron chi connectivity index (χ2n) is 4.39. The van der Waals surface area contributed by atoms with Gasteiger partial charge in [-0.1, -0.05) is 6.07 Å². The van der Waals surface area contributed by atoms with E-state index in [4.69, 9.17) is 5.73 Å². The van der Waals surface area contributed by atoms with Gasteiger partial charge in [0.15, 0.2) is 0 Å². The van der Waals surface area contributed by atoms with Crippen molar-refractivity contribution < 1.29 is 4.79 Å². The minimum Gasteiger partial charge on any atom is -0.384 e. The summed E-state index contributed by atoms with van der Waals surface area (Å²) < 4.78 is 1.60. The highest BCUT2D eigenvalue weighted by atomic mass is 32.1. The molecule has 19 heavy (non-hydrogen) atoms. The van der Waals surface area contributed by atoms with E-state index in [-0.39, 0.29) is 5.91 Å². The molecule has 0 bridgehead atoms. The Morgan fingerprint density at radius 3 is 3.05 bits per heavy atom. The minimum absolute atomic E-state index is 0.0554. The molecule has 0 aliphatic heterocycles. The molecule has 6 heteroatoms. The molecule has 0 radical (unpaired) electrons. The Morgan fingerprint density at radius 2 is 2.42 bits per heavy atom. The number of nitrogen functional groups attached to an aromatic ring is 1. The first kappa shape index (κ1) is 13.6. The van der Waals surface area contributed by atoms with Gasteiger partial charge in [0.1, 0.15) is 5.82 Å². The number of hydrogen-bond acceptors (Lipinski definition) is 4. The molecule has 0 saturated heterocycles. The van der Waals surface area contributed by atoms with Crippen LogP contribution >= 0.6 is 11.3 Å². The topological polar surface area (TPSA) is 72.9 Å². The molecule has 5 nitrogen and oxygen atoms in total. The van der Waals surface area contributed by atoms with Gasteiger partial charge in [-0.05, 0) is 24.3 Å². The van der Waals surface area contributed by atoms with E-state index in [1.807, 2.05) is 6.07 Å². The Hall–Kier alpha value is -1.82. The Bertz CT molecular complexity index is 533. The van der Waals surface area contributed by atoms with Crippen LogP contribution in [0.5, 0.6) is 0 Å². The van der Waals surface area contributed by atoms with Crippen molar-refractivity contribution in [2.75, 3.05) is 5.73 Å². The smallest absolute Gasteiger partial charge is 0.220 e. The summed E-state index contributed by atoms with van der Waals surface area (Å²) in [6.07, 6.45) is 4.05. The number of amides is 1. The SMILES string of the molecule is Cn1ncc(CNC(=O)CCCc2cccs2)c1N. The Balaban J connectivity index is 1.68. The highest BCUT2D eigenvalue weighted by Gasteiger charge is 2.07. The molecule has 0 atom stereocenters. The van der Waals surface area contributed by atoms with Crippen molar-refractivity contribution in [1.82, 2.24) is 15.1 Å². The summed E-state index contributed by atoms with van der Waals surface area (Å²) in [6, 6.07) is 4.13. The molecule has 2 aromatic heterocycles. The maximum absolute atomic E-state index is 11.7. The second kappa shape index (κ2) is 6.38. The third-order valence-electron chi connectivity index (χ3n) is 2.95. The summed E-state index contributed by atoms with van der Waals surface area (Å²) in [7, 11) is 1.78. The first-order valence-electron chi connectivity index (χ1n) is 6.22. The van der Waals surface area contributed by atoms with Crippen LogP contribution < -0.4 is 11.1 Å². The third-order valence-corrected chi connectivity index (χ3v) is 3.88. The van der Waals surface area contributed by atoms with Crippen molar-refractivity contribution >= 4 is 23.1 Å². The normalized spacial score (nSPS) is 10.6. The van der Waals surface area contributed by atoms with Crippen molar-refractivity contribution in [2.45, 2.75) is 25.8 Å². The lowest BCUT2D eigenvalue weighted by molar-refractivity contribution is -0.121. The van der Waals surface area contributed by atoms with Crippen LogP contribution in [0, 0.1) is 0 Å². The van der Waals surface area contributed by atoms with E-state index < -0.39 is 0 Å². The number of carbonyl (C=O) groups is 1. The number of nitrogens with zero attached hydrogens (tertiary/aromatic N) is 2. The molecule has 2 rings (SSSR count). The minimum atomic E-state index is 0.0554. The highest BCUT2D eigenvalue weighted by Crippen LogP contribution is 2.12. The van der Waals surface area contributed by atoms with E-state index in [0.29, 0.717) is 18.8 Å². The van der Waals surface area contributed by atoms with Gasteiger partial charge >= 0.3 is 0 Å². The molecular weight excluding hydrogens is 260 g/mol. The quantitative estimate of drug-likeness (QED) is 0.844. The maximum Gasteiger partial charge on any atom is 0.220 e. The van der Waals surface area contributed by atoms with E-state index >= 15 is 0 Å². The molecule has 0 aromatic carbocycles. The van der Waals surface area contributed by atoms with Crippen LogP contribution in [0.4, 0.5) is 5.82 Å². The molecule has 0 saturated carbocycles. The average Bonchev–Trinajstić information content (AvgIpc) is 3.00. The molecule has 102 valence electrons. The first-order valence-corrected chi connectivity index (χ1v) is 7.10. The highest BCUT2D eigenvalue weighted by molar-refractivity contribution is 7.09. The number of hydrogen-bond donors (Lipinski definition) is 2. The van der Waals surface area contributed by atoms with Crippen LogP contribution in [0.3, 0.4) is 0 Å². The van der Waals surface area contributed by atoms with Crippen molar-refractivity contribution in [3.8, 4) is 0 Å².